The van der Waals surface area contributed by atoms with Crippen molar-refractivity contribution in [2.24, 2.45) is 11.3 Å². The molecule has 1 unspecified atom stereocenters. The molecule has 2 heterocycles. The lowest BCUT2D eigenvalue weighted by molar-refractivity contribution is 0.0526. The monoisotopic (exact) mass is 391 g/mol. The molecule has 1 aliphatic carbocycles. The second kappa shape index (κ2) is 7.53. The van der Waals surface area contributed by atoms with E-state index in [0.717, 1.165) is 24.8 Å². The van der Waals surface area contributed by atoms with Crippen molar-refractivity contribution in [1.29, 1.82) is 0 Å². The first-order valence-corrected chi connectivity index (χ1v) is 10.7. The van der Waals surface area contributed by atoms with Gasteiger partial charge in [0.05, 0.1) is 17.0 Å². The molecular weight excluding hydrogens is 366 g/mol. The third-order valence-corrected chi connectivity index (χ3v) is 6.98. The van der Waals surface area contributed by atoms with Crippen LogP contribution in [0.4, 0.5) is 5.00 Å². The van der Waals surface area contributed by atoms with E-state index in [1.54, 1.807) is 13.0 Å². The number of hydrogen-bond acceptors (Lipinski definition) is 5. The van der Waals surface area contributed by atoms with Gasteiger partial charge in [0.2, 0.25) is 0 Å². The van der Waals surface area contributed by atoms with Gasteiger partial charge in [0.25, 0.3) is 5.91 Å². The van der Waals surface area contributed by atoms with Crippen LogP contribution in [0.25, 0.3) is 0 Å². The first-order valence-electron chi connectivity index (χ1n) is 8.97. The Morgan fingerprint density at radius 1 is 1.35 bits per heavy atom. The molecule has 140 valence electrons. The van der Waals surface area contributed by atoms with Crippen LogP contribution in [0.5, 0.6) is 0 Å². The van der Waals surface area contributed by atoms with Gasteiger partial charge in [0.1, 0.15) is 5.00 Å². The topological polar surface area (TPSA) is 55.4 Å². The van der Waals surface area contributed by atoms with Crippen molar-refractivity contribution in [3.63, 3.8) is 0 Å². The third kappa shape index (κ3) is 3.86. The fourth-order valence-electron chi connectivity index (χ4n) is 3.40. The van der Waals surface area contributed by atoms with E-state index in [1.165, 1.54) is 27.6 Å². The van der Waals surface area contributed by atoms with Crippen molar-refractivity contribution in [3.8, 4) is 0 Å². The number of esters is 1. The third-order valence-electron chi connectivity index (χ3n) is 4.94. The average molecular weight is 392 g/mol. The molecule has 26 heavy (non-hydrogen) atoms. The van der Waals surface area contributed by atoms with Crippen LogP contribution in [-0.4, -0.2) is 18.5 Å². The molecule has 1 amide bonds. The molecule has 2 aromatic heterocycles. The summed E-state index contributed by atoms with van der Waals surface area (Å²) in [5, 5.41) is 5.45. The molecule has 0 fully saturated rings. The second-order valence-corrected chi connectivity index (χ2v) is 9.72. The fourth-order valence-corrected chi connectivity index (χ4v) is 5.33. The minimum absolute atomic E-state index is 0.170. The molecule has 3 rings (SSSR count). The first-order chi connectivity index (χ1) is 12.3. The van der Waals surface area contributed by atoms with Crippen molar-refractivity contribution in [2.45, 2.75) is 47.0 Å². The molecule has 6 heteroatoms. The van der Waals surface area contributed by atoms with E-state index in [-0.39, 0.29) is 17.3 Å². The molecule has 0 radical (unpaired) electrons. The molecule has 1 N–H and O–H groups in total. The molecule has 0 aliphatic heterocycles. The largest absolute Gasteiger partial charge is 0.462 e. The number of amides is 1. The smallest absolute Gasteiger partial charge is 0.341 e. The van der Waals surface area contributed by atoms with Crippen LogP contribution in [0.2, 0.25) is 0 Å². The zero-order valence-electron chi connectivity index (χ0n) is 15.7. The van der Waals surface area contributed by atoms with Gasteiger partial charge < -0.3 is 10.1 Å². The summed E-state index contributed by atoms with van der Waals surface area (Å²) in [6.07, 6.45) is 2.86. The highest BCUT2D eigenvalue weighted by Gasteiger charge is 2.34. The Labute approximate surface area is 162 Å². The highest BCUT2D eigenvalue weighted by atomic mass is 32.1. The maximum Gasteiger partial charge on any atom is 0.341 e. The van der Waals surface area contributed by atoms with E-state index in [2.05, 4.69) is 26.1 Å². The molecule has 2 aromatic rings. The first kappa shape index (κ1) is 19.1. The number of hydrogen-bond donors (Lipinski definition) is 1. The van der Waals surface area contributed by atoms with Gasteiger partial charge in [0.15, 0.2) is 0 Å². The van der Waals surface area contributed by atoms with Crippen molar-refractivity contribution in [2.75, 3.05) is 11.9 Å². The summed E-state index contributed by atoms with van der Waals surface area (Å²) in [7, 11) is 0. The Bertz CT molecular complexity index is 800. The predicted octanol–water partition coefficient (Wildman–Crippen LogP) is 5.39. The van der Waals surface area contributed by atoms with Gasteiger partial charge in [-0.1, -0.05) is 26.8 Å². The SMILES string of the molecule is CCOC(=O)c1c(NC(=O)c2cccs2)sc2c1CCC(C(C)(C)C)C2. The van der Waals surface area contributed by atoms with Crippen LogP contribution in [-0.2, 0) is 17.6 Å². The van der Waals surface area contributed by atoms with Gasteiger partial charge in [-0.25, -0.2) is 4.79 Å². The Morgan fingerprint density at radius 2 is 2.12 bits per heavy atom. The Hall–Kier alpha value is -1.66. The number of thiophene rings is 2. The van der Waals surface area contributed by atoms with E-state index in [1.807, 2.05) is 11.4 Å². The highest BCUT2D eigenvalue weighted by Crippen LogP contribution is 2.44. The number of fused-ring (bicyclic) bond motifs is 1. The van der Waals surface area contributed by atoms with Gasteiger partial charge in [-0.15, -0.1) is 22.7 Å². The maximum absolute atomic E-state index is 12.6. The van der Waals surface area contributed by atoms with Gasteiger partial charge >= 0.3 is 5.97 Å². The predicted molar refractivity (Wildman–Crippen MR) is 108 cm³/mol. The molecule has 1 aliphatic rings. The summed E-state index contributed by atoms with van der Waals surface area (Å²) in [6, 6.07) is 3.63. The standard InChI is InChI=1S/C20H25NO3S2/c1-5-24-19(23)16-13-9-8-12(20(2,3)4)11-15(13)26-18(16)21-17(22)14-7-6-10-25-14/h6-7,10,12H,5,8-9,11H2,1-4H3,(H,21,22). The highest BCUT2D eigenvalue weighted by molar-refractivity contribution is 7.17. The minimum Gasteiger partial charge on any atom is -0.462 e. The van der Waals surface area contributed by atoms with Gasteiger partial charge in [-0.3, -0.25) is 4.79 Å². The van der Waals surface area contributed by atoms with Crippen LogP contribution in [0, 0.1) is 11.3 Å². The van der Waals surface area contributed by atoms with Crippen molar-refractivity contribution in [1.82, 2.24) is 0 Å². The van der Waals surface area contributed by atoms with Crippen LogP contribution < -0.4 is 5.32 Å². The molecule has 0 spiro atoms. The lowest BCUT2D eigenvalue weighted by Gasteiger charge is -2.33. The number of carbonyl (C=O) groups excluding carboxylic acids is 2. The average Bonchev–Trinajstić information content (AvgIpc) is 3.21. The summed E-state index contributed by atoms with van der Waals surface area (Å²) in [4.78, 5) is 26.9. The summed E-state index contributed by atoms with van der Waals surface area (Å²) < 4.78 is 5.28. The van der Waals surface area contributed by atoms with E-state index >= 15 is 0 Å². The lowest BCUT2D eigenvalue weighted by Crippen LogP contribution is -2.26. The summed E-state index contributed by atoms with van der Waals surface area (Å²) >= 11 is 2.92. The van der Waals surface area contributed by atoms with E-state index < -0.39 is 0 Å². The minimum atomic E-state index is -0.333. The van der Waals surface area contributed by atoms with E-state index in [4.69, 9.17) is 4.74 Å². The van der Waals surface area contributed by atoms with Crippen LogP contribution in [0.3, 0.4) is 0 Å². The molecule has 4 nitrogen and oxygen atoms in total. The summed E-state index contributed by atoms with van der Waals surface area (Å²) in [5.74, 6) is 0.0711. The molecule has 0 saturated carbocycles. The normalized spacial score (nSPS) is 16.8. The van der Waals surface area contributed by atoms with E-state index in [9.17, 15) is 9.59 Å². The number of rotatable bonds is 4. The Balaban J connectivity index is 1.94. The Morgan fingerprint density at radius 3 is 2.73 bits per heavy atom. The molecule has 0 bridgehead atoms. The van der Waals surface area contributed by atoms with Crippen molar-refractivity contribution in [3.05, 3.63) is 38.4 Å². The number of anilines is 1. The van der Waals surface area contributed by atoms with Gasteiger partial charge in [0, 0.05) is 4.88 Å². The number of ether oxygens (including phenoxy) is 1. The van der Waals surface area contributed by atoms with Crippen LogP contribution in [0.15, 0.2) is 17.5 Å². The molecule has 1 atom stereocenters. The van der Waals surface area contributed by atoms with Crippen molar-refractivity contribution >= 4 is 39.6 Å². The van der Waals surface area contributed by atoms with Crippen LogP contribution >= 0.6 is 22.7 Å². The number of carbonyl (C=O) groups is 2. The molecule has 0 saturated heterocycles. The maximum atomic E-state index is 12.6. The fraction of sp³-hybridized carbons (Fsp3) is 0.500. The zero-order valence-corrected chi connectivity index (χ0v) is 17.3. The number of nitrogens with one attached hydrogen (secondary N) is 1. The van der Waals surface area contributed by atoms with Crippen LogP contribution in [0.1, 0.15) is 64.6 Å². The Kier molecular flexibility index (Phi) is 5.53. The van der Waals surface area contributed by atoms with E-state index in [0.29, 0.717) is 28.0 Å². The quantitative estimate of drug-likeness (QED) is 0.711. The molecule has 0 aromatic carbocycles. The lowest BCUT2D eigenvalue weighted by atomic mass is 9.72. The summed E-state index contributed by atoms with van der Waals surface area (Å²) in [6.45, 7) is 8.93. The second-order valence-electron chi connectivity index (χ2n) is 7.67. The zero-order chi connectivity index (χ0) is 18.9. The van der Waals surface area contributed by atoms with Gasteiger partial charge in [-0.2, -0.15) is 0 Å². The molecular formula is C20H25NO3S2. The van der Waals surface area contributed by atoms with Gasteiger partial charge in [-0.05, 0) is 54.5 Å². The van der Waals surface area contributed by atoms with Crippen molar-refractivity contribution < 1.29 is 14.3 Å². The summed E-state index contributed by atoms with van der Waals surface area (Å²) in [5.41, 5.74) is 1.85.